The van der Waals surface area contributed by atoms with Gasteiger partial charge in [-0.1, -0.05) is 35.9 Å². The number of para-hydroxylation sites is 1. The van der Waals surface area contributed by atoms with Gasteiger partial charge in [-0.15, -0.1) is 0 Å². The van der Waals surface area contributed by atoms with Gasteiger partial charge in [-0.25, -0.2) is 0 Å². The predicted octanol–water partition coefficient (Wildman–Crippen LogP) is 2.73. The zero-order chi connectivity index (χ0) is 11.7. The number of halogens is 1. The van der Waals surface area contributed by atoms with Crippen LogP contribution in [0.3, 0.4) is 0 Å². The van der Waals surface area contributed by atoms with Gasteiger partial charge in [-0.2, -0.15) is 4.99 Å². The molecule has 0 N–H and O–H groups in total. The molecule has 0 radical (unpaired) electrons. The van der Waals surface area contributed by atoms with Crippen molar-refractivity contribution in [2.24, 2.45) is 12.0 Å². The number of fused-ring (bicyclic) bond motifs is 1. The van der Waals surface area contributed by atoms with Gasteiger partial charge in [0.05, 0.1) is 15.2 Å². The van der Waals surface area contributed by atoms with Crippen molar-refractivity contribution in [1.29, 1.82) is 0 Å². The number of nitrogens with zero attached hydrogens (tertiary/aromatic N) is 2. The lowest BCUT2D eigenvalue weighted by molar-refractivity contribution is -0.117. The molecule has 0 spiro atoms. The molecule has 0 aliphatic rings. The zero-order valence-electron chi connectivity index (χ0n) is 9.03. The van der Waals surface area contributed by atoms with Crippen LogP contribution in [0.4, 0.5) is 0 Å². The van der Waals surface area contributed by atoms with E-state index in [4.69, 9.17) is 11.6 Å². The molecule has 0 unspecified atom stereocenters. The third kappa shape index (κ3) is 1.90. The second kappa shape index (κ2) is 4.39. The van der Waals surface area contributed by atoms with Crippen LogP contribution < -0.4 is 4.80 Å². The maximum atomic E-state index is 11.3. The summed E-state index contributed by atoms with van der Waals surface area (Å²) < 4.78 is 2.90. The number of hydrogen-bond acceptors (Lipinski definition) is 2. The number of benzene rings is 1. The monoisotopic (exact) mass is 254 g/mol. The molecule has 3 nitrogen and oxygen atoms in total. The second-order valence-electron chi connectivity index (χ2n) is 3.39. The molecule has 5 heteroatoms. The molecule has 0 atom stereocenters. The van der Waals surface area contributed by atoms with Crippen LogP contribution in [-0.4, -0.2) is 10.5 Å². The van der Waals surface area contributed by atoms with Gasteiger partial charge in [0, 0.05) is 13.5 Å². The Hall–Kier alpha value is -1.13. The van der Waals surface area contributed by atoms with Gasteiger partial charge >= 0.3 is 0 Å². The number of aromatic nitrogens is 1. The first-order valence-electron chi connectivity index (χ1n) is 4.95. The van der Waals surface area contributed by atoms with E-state index in [9.17, 15) is 4.79 Å². The highest BCUT2D eigenvalue weighted by atomic mass is 35.5. The van der Waals surface area contributed by atoms with Gasteiger partial charge in [-0.05, 0) is 12.1 Å². The third-order valence-electron chi connectivity index (χ3n) is 2.30. The molecule has 1 amide bonds. The van der Waals surface area contributed by atoms with Crippen molar-refractivity contribution in [2.75, 3.05) is 0 Å². The smallest absolute Gasteiger partial charge is 0.248 e. The Kier molecular flexibility index (Phi) is 3.12. The Morgan fingerprint density at radius 1 is 1.56 bits per heavy atom. The second-order valence-corrected chi connectivity index (χ2v) is 4.81. The number of aryl methyl sites for hydroxylation is 1. The molecule has 84 valence electrons. The molecular formula is C11H11ClN2OS. The largest absolute Gasteiger partial charge is 0.318 e. The molecule has 0 aliphatic heterocycles. The van der Waals surface area contributed by atoms with Gasteiger partial charge in [0.1, 0.15) is 0 Å². The number of carbonyl (C=O) groups excluding carboxylic acids is 1. The van der Waals surface area contributed by atoms with E-state index in [0.29, 0.717) is 16.2 Å². The van der Waals surface area contributed by atoms with Crippen LogP contribution >= 0.6 is 22.9 Å². The molecule has 1 aromatic heterocycles. The molecule has 2 aromatic rings. The van der Waals surface area contributed by atoms with E-state index in [0.717, 1.165) is 10.2 Å². The van der Waals surface area contributed by atoms with Crippen molar-refractivity contribution < 1.29 is 4.79 Å². The summed E-state index contributed by atoms with van der Waals surface area (Å²) in [6, 6.07) is 5.70. The lowest BCUT2D eigenvalue weighted by Gasteiger charge is -1.96. The number of thiazole rings is 1. The van der Waals surface area contributed by atoms with Crippen molar-refractivity contribution in [3.05, 3.63) is 28.0 Å². The molecule has 0 saturated carbocycles. The molecular weight excluding hydrogens is 244 g/mol. The van der Waals surface area contributed by atoms with Crippen molar-refractivity contribution in [1.82, 2.24) is 4.57 Å². The van der Waals surface area contributed by atoms with Crippen molar-refractivity contribution >= 4 is 39.1 Å². The summed E-state index contributed by atoms with van der Waals surface area (Å²) >= 11 is 7.58. The first-order valence-corrected chi connectivity index (χ1v) is 6.14. The van der Waals surface area contributed by atoms with E-state index in [1.54, 1.807) is 6.92 Å². The molecule has 0 aliphatic carbocycles. The fraction of sp³-hybridized carbons (Fsp3) is 0.273. The quantitative estimate of drug-likeness (QED) is 0.771. The summed E-state index contributed by atoms with van der Waals surface area (Å²) in [6.45, 7) is 1.80. The van der Waals surface area contributed by atoms with Crippen LogP contribution in [0.2, 0.25) is 5.02 Å². The van der Waals surface area contributed by atoms with Crippen molar-refractivity contribution in [3.8, 4) is 0 Å². The third-order valence-corrected chi connectivity index (χ3v) is 3.70. The topological polar surface area (TPSA) is 34.4 Å². The average Bonchev–Trinajstić information content (AvgIpc) is 2.57. The average molecular weight is 255 g/mol. The molecule has 0 fully saturated rings. The maximum Gasteiger partial charge on any atom is 0.248 e. The van der Waals surface area contributed by atoms with Crippen LogP contribution in [0.5, 0.6) is 0 Å². The van der Waals surface area contributed by atoms with Crippen LogP contribution in [-0.2, 0) is 11.8 Å². The lowest BCUT2D eigenvalue weighted by Crippen LogP contribution is -2.12. The van der Waals surface area contributed by atoms with E-state index < -0.39 is 0 Å². The highest BCUT2D eigenvalue weighted by molar-refractivity contribution is 7.16. The van der Waals surface area contributed by atoms with E-state index in [-0.39, 0.29) is 5.91 Å². The first kappa shape index (κ1) is 11.4. The molecule has 0 bridgehead atoms. The summed E-state index contributed by atoms with van der Waals surface area (Å²) in [5.74, 6) is -0.113. The van der Waals surface area contributed by atoms with Crippen LogP contribution in [0.1, 0.15) is 13.3 Å². The molecule has 0 saturated heterocycles. The maximum absolute atomic E-state index is 11.3. The summed E-state index contributed by atoms with van der Waals surface area (Å²) in [5, 5.41) is 0.682. The SMILES string of the molecule is CCC(=O)N=c1sc2cccc(Cl)c2n1C. The Balaban J connectivity index is 2.75. The number of amides is 1. The minimum absolute atomic E-state index is 0.113. The Morgan fingerprint density at radius 3 is 2.94 bits per heavy atom. The highest BCUT2D eigenvalue weighted by Gasteiger charge is 2.06. The van der Waals surface area contributed by atoms with Gasteiger partial charge in [0.2, 0.25) is 5.91 Å². The summed E-state index contributed by atoms with van der Waals surface area (Å²) in [5.41, 5.74) is 0.928. The standard InChI is InChI=1S/C11H11ClN2OS/c1-3-9(15)13-11-14(2)10-7(12)5-4-6-8(10)16-11/h4-6H,3H2,1-2H3. The lowest BCUT2D eigenvalue weighted by atomic mass is 10.3. The first-order chi connectivity index (χ1) is 7.63. The summed E-state index contributed by atoms with van der Waals surface area (Å²) in [6.07, 6.45) is 0.419. The van der Waals surface area contributed by atoms with E-state index in [1.165, 1.54) is 11.3 Å². The molecule has 2 rings (SSSR count). The Bertz CT molecular complexity index is 612. The van der Waals surface area contributed by atoms with Crippen molar-refractivity contribution in [2.45, 2.75) is 13.3 Å². The van der Waals surface area contributed by atoms with Gasteiger partial charge < -0.3 is 4.57 Å². The molecule has 1 aromatic carbocycles. The van der Waals surface area contributed by atoms with Crippen LogP contribution in [0.15, 0.2) is 23.2 Å². The van der Waals surface area contributed by atoms with Crippen LogP contribution in [0, 0.1) is 0 Å². The van der Waals surface area contributed by atoms with Gasteiger partial charge in [0.25, 0.3) is 0 Å². The molecule has 1 heterocycles. The van der Waals surface area contributed by atoms with Gasteiger partial charge in [-0.3, -0.25) is 4.79 Å². The minimum atomic E-state index is -0.113. The highest BCUT2D eigenvalue weighted by Crippen LogP contribution is 2.24. The van der Waals surface area contributed by atoms with Crippen LogP contribution in [0.25, 0.3) is 10.2 Å². The van der Waals surface area contributed by atoms with E-state index in [2.05, 4.69) is 4.99 Å². The van der Waals surface area contributed by atoms with E-state index >= 15 is 0 Å². The van der Waals surface area contributed by atoms with Crippen molar-refractivity contribution in [3.63, 3.8) is 0 Å². The Labute approximate surface area is 102 Å². The minimum Gasteiger partial charge on any atom is -0.318 e. The zero-order valence-corrected chi connectivity index (χ0v) is 10.6. The fourth-order valence-electron chi connectivity index (χ4n) is 1.45. The Morgan fingerprint density at radius 2 is 2.31 bits per heavy atom. The number of rotatable bonds is 1. The van der Waals surface area contributed by atoms with Gasteiger partial charge in [0.15, 0.2) is 4.80 Å². The summed E-state index contributed by atoms with van der Waals surface area (Å²) in [7, 11) is 1.87. The number of hydrogen-bond donors (Lipinski definition) is 0. The van der Waals surface area contributed by atoms with E-state index in [1.807, 2.05) is 29.8 Å². The summed E-state index contributed by atoms with van der Waals surface area (Å²) in [4.78, 5) is 16.0. The predicted molar refractivity (Wildman–Crippen MR) is 66.7 cm³/mol. The molecule has 16 heavy (non-hydrogen) atoms. The number of carbonyl (C=O) groups is 1. The normalized spacial score (nSPS) is 12.3. The fourth-order valence-corrected chi connectivity index (χ4v) is 2.87.